The van der Waals surface area contributed by atoms with E-state index in [4.69, 9.17) is 17.3 Å². The minimum absolute atomic E-state index is 0.0219. The van der Waals surface area contributed by atoms with Crippen molar-refractivity contribution >= 4 is 28.9 Å². The summed E-state index contributed by atoms with van der Waals surface area (Å²) in [6.45, 7) is 2.02. The highest BCUT2D eigenvalue weighted by Gasteiger charge is 2.15. The van der Waals surface area contributed by atoms with Gasteiger partial charge in [0.1, 0.15) is 0 Å². The van der Waals surface area contributed by atoms with E-state index in [0.717, 1.165) is 24.5 Å². The van der Waals surface area contributed by atoms with Gasteiger partial charge in [0.15, 0.2) is 0 Å². The zero-order valence-electron chi connectivity index (χ0n) is 10.3. The SMILES string of the molecule is NCC(=O)Nc1cc(Cl)ccc1N1CCCCC1. The monoisotopic (exact) mass is 267 g/mol. The Labute approximate surface area is 112 Å². The van der Waals surface area contributed by atoms with Crippen LogP contribution >= 0.6 is 11.6 Å². The van der Waals surface area contributed by atoms with Gasteiger partial charge in [-0.15, -0.1) is 0 Å². The summed E-state index contributed by atoms with van der Waals surface area (Å²) in [5, 5.41) is 3.42. The molecule has 3 N–H and O–H groups in total. The number of amides is 1. The number of carbonyl (C=O) groups is 1. The Morgan fingerprint density at radius 1 is 1.33 bits per heavy atom. The van der Waals surface area contributed by atoms with Crippen LogP contribution in [0.25, 0.3) is 0 Å². The van der Waals surface area contributed by atoms with E-state index >= 15 is 0 Å². The van der Waals surface area contributed by atoms with Gasteiger partial charge in [0.25, 0.3) is 0 Å². The Morgan fingerprint density at radius 3 is 2.72 bits per heavy atom. The maximum absolute atomic E-state index is 11.4. The number of hydrogen-bond acceptors (Lipinski definition) is 3. The van der Waals surface area contributed by atoms with Crippen LogP contribution in [0.4, 0.5) is 11.4 Å². The molecule has 18 heavy (non-hydrogen) atoms. The molecule has 1 aliphatic rings. The van der Waals surface area contributed by atoms with Gasteiger partial charge in [-0.3, -0.25) is 4.79 Å². The van der Waals surface area contributed by atoms with E-state index in [0.29, 0.717) is 5.02 Å². The van der Waals surface area contributed by atoms with Gasteiger partial charge < -0.3 is 16.0 Å². The smallest absolute Gasteiger partial charge is 0.238 e. The fraction of sp³-hybridized carbons (Fsp3) is 0.462. The first-order chi connectivity index (χ1) is 8.70. The molecule has 1 heterocycles. The van der Waals surface area contributed by atoms with Gasteiger partial charge in [0.05, 0.1) is 17.9 Å². The van der Waals surface area contributed by atoms with Gasteiger partial charge in [0.2, 0.25) is 5.91 Å². The quantitative estimate of drug-likeness (QED) is 0.883. The van der Waals surface area contributed by atoms with Crippen LogP contribution in [0.5, 0.6) is 0 Å². The summed E-state index contributed by atoms with van der Waals surface area (Å²) in [4.78, 5) is 13.7. The van der Waals surface area contributed by atoms with Gasteiger partial charge in [0, 0.05) is 18.1 Å². The molecule has 0 radical (unpaired) electrons. The van der Waals surface area contributed by atoms with Crippen LogP contribution in [0.15, 0.2) is 18.2 Å². The summed E-state index contributed by atoms with van der Waals surface area (Å²) in [5.74, 6) is -0.199. The first-order valence-corrected chi connectivity index (χ1v) is 6.63. The van der Waals surface area contributed by atoms with Crippen molar-refractivity contribution in [2.45, 2.75) is 19.3 Å². The molecule has 2 rings (SSSR count). The molecular weight excluding hydrogens is 250 g/mol. The van der Waals surface area contributed by atoms with Crippen LogP contribution < -0.4 is 16.0 Å². The maximum atomic E-state index is 11.4. The topological polar surface area (TPSA) is 58.4 Å². The minimum atomic E-state index is -0.199. The van der Waals surface area contributed by atoms with E-state index in [1.165, 1.54) is 19.3 Å². The number of hydrogen-bond donors (Lipinski definition) is 2. The Morgan fingerprint density at radius 2 is 2.06 bits per heavy atom. The fourth-order valence-electron chi connectivity index (χ4n) is 2.22. The number of carbonyl (C=O) groups excluding carboxylic acids is 1. The molecule has 1 aromatic rings. The lowest BCUT2D eigenvalue weighted by atomic mass is 10.1. The Balaban J connectivity index is 2.24. The van der Waals surface area contributed by atoms with Crippen molar-refractivity contribution < 1.29 is 4.79 Å². The zero-order valence-corrected chi connectivity index (χ0v) is 11.0. The van der Waals surface area contributed by atoms with Crippen LogP contribution in [0, 0.1) is 0 Å². The Kier molecular flexibility index (Phi) is 4.44. The van der Waals surface area contributed by atoms with Crippen LogP contribution in [0.1, 0.15) is 19.3 Å². The number of piperidine rings is 1. The number of benzene rings is 1. The molecule has 0 aromatic heterocycles. The summed E-state index contributed by atoms with van der Waals surface area (Å²) in [5.41, 5.74) is 7.11. The molecule has 1 aliphatic heterocycles. The lowest BCUT2D eigenvalue weighted by Crippen LogP contribution is -2.31. The van der Waals surface area contributed by atoms with Crippen molar-refractivity contribution in [3.8, 4) is 0 Å². The Bertz CT molecular complexity index is 430. The molecule has 1 aromatic carbocycles. The molecule has 1 saturated heterocycles. The van der Waals surface area contributed by atoms with E-state index in [2.05, 4.69) is 10.2 Å². The molecule has 98 valence electrons. The minimum Gasteiger partial charge on any atom is -0.370 e. The molecule has 0 saturated carbocycles. The molecule has 5 heteroatoms. The number of anilines is 2. The highest BCUT2D eigenvalue weighted by atomic mass is 35.5. The number of rotatable bonds is 3. The van der Waals surface area contributed by atoms with Crippen LogP contribution in [-0.2, 0) is 4.79 Å². The van der Waals surface area contributed by atoms with E-state index in [1.807, 2.05) is 12.1 Å². The van der Waals surface area contributed by atoms with E-state index in [9.17, 15) is 4.79 Å². The first-order valence-electron chi connectivity index (χ1n) is 6.25. The standard InChI is InChI=1S/C13H18ClN3O/c14-10-4-5-12(17-6-2-1-3-7-17)11(8-10)16-13(18)9-15/h4-5,8H,1-3,6-7,9,15H2,(H,16,18). The average Bonchev–Trinajstić information content (AvgIpc) is 2.40. The van der Waals surface area contributed by atoms with Crippen LogP contribution in [0.3, 0.4) is 0 Å². The zero-order chi connectivity index (χ0) is 13.0. The first kappa shape index (κ1) is 13.2. The van der Waals surface area contributed by atoms with Crippen molar-refractivity contribution in [3.05, 3.63) is 23.2 Å². The largest absolute Gasteiger partial charge is 0.370 e. The van der Waals surface area contributed by atoms with Crippen molar-refractivity contribution in [3.63, 3.8) is 0 Å². The number of nitrogens with one attached hydrogen (secondary N) is 1. The second-order valence-corrected chi connectivity index (χ2v) is 4.90. The van der Waals surface area contributed by atoms with Crippen molar-refractivity contribution in [1.82, 2.24) is 0 Å². The number of halogens is 1. The molecule has 0 bridgehead atoms. The van der Waals surface area contributed by atoms with Crippen molar-refractivity contribution in [1.29, 1.82) is 0 Å². The average molecular weight is 268 g/mol. The highest BCUT2D eigenvalue weighted by molar-refractivity contribution is 6.31. The second-order valence-electron chi connectivity index (χ2n) is 4.46. The van der Waals surface area contributed by atoms with E-state index in [-0.39, 0.29) is 12.5 Å². The third-order valence-corrected chi connectivity index (χ3v) is 3.35. The summed E-state index contributed by atoms with van der Waals surface area (Å²) in [7, 11) is 0. The molecule has 0 aliphatic carbocycles. The summed E-state index contributed by atoms with van der Waals surface area (Å²) in [6, 6.07) is 5.59. The van der Waals surface area contributed by atoms with Gasteiger partial charge in [-0.2, -0.15) is 0 Å². The predicted octanol–water partition coefficient (Wildman–Crippen LogP) is 2.23. The molecule has 0 atom stereocenters. The number of nitrogens with zero attached hydrogens (tertiary/aromatic N) is 1. The predicted molar refractivity (Wildman–Crippen MR) is 75.2 cm³/mol. The fourth-order valence-corrected chi connectivity index (χ4v) is 2.39. The van der Waals surface area contributed by atoms with Crippen molar-refractivity contribution in [2.24, 2.45) is 5.73 Å². The lowest BCUT2D eigenvalue weighted by molar-refractivity contribution is -0.114. The number of nitrogens with two attached hydrogens (primary N) is 1. The molecular formula is C13H18ClN3O. The van der Waals surface area contributed by atoms with Gasteiger partial charge in [-0.25, -0.2) is 0 Å². The molecule has 1 amide bonds. The van der Waals surface area contributed by atoms with Crippen LogP contribution in [-0.4, -0.2) is 25.5 Å². The van der Waals surface area contributed by atoms with Gasteiger partial charge >= 0.3 is 0 Å². The summed E-state index contributed by atoms with van der Waals surface area (Å²) < 4.78 is 0. The third kappa shape index (κ3) is 3.15. The van der Waals surface area contributed by atoms with E-state index in [1.54, 1.807) is 6.07 Å². The Hall–Kier alpha value is -1.26. The maximum Gasteiger partial charge on any atom is 0.238 e. The summed E-state index contributed by atoms with van der Waals surface area (Å²) >= 11 is 5.98. The second kappa shape index (κ2) is 6.07. The van der Waals surface area contributed by atoms with E-state index < -0.39 is 0 Å². The highest BCUT2D eigenvalue weighted by Crippen LogP contribution is 2.31. The van der Waals surface area contributed by atoms with Crippen molar-refractivity contribution in [2.75, 3.05) is 29.9 Å². The summed E-state index contributed by atoms with van der Waals surface area (Å²) in [6.07, 6.45) is 3.65. The molecule has 1 fully saturated rings. The molecule has 0 unspecified atom stereocenters. The normalized spacial score (nSPS) is 15.6. The molecule has 0 spiro atoms. The lowest BCUT2D eigenvalue weighted by Gasteiger charge is -2.30. The third-order valence-electron chi connectivity index (χ3n) is 3.11. The van der Waals surface area contributed by atoms with Gasteiger partial charge in [-0.1, -0.05) is 11.6 Å². The molecule has 4 nitrogen and oxygen atoms in total. The van der Waals surface area contributed by atoms with Gasteiger partial charge in [-0.05, 0) is 37.5 Å². The van der Waals surface area contributed by atoms with Crippen LogP contribution in [0.2, 0.25) is 5.02 Å².